The van der Waals surface area contributed by atoms with Crippen LogP contribution in [-0.4, -0.2) is 29.1 Å². The second kappa shape index (κ2) is 5.49. The molecule has 0 aromatic carbocycles. The minimum Gasteiger partial charge on any atom is -0.481 e. The van der Waals surface area contributed by atoms with Gasteiger partial charge in [-0.25, -0.2) is 0 Å². The summed E-state index contributed by atoms with van der Waals surface area (Å²) in [7, 11) is 0. The quantitative estimate of drug-likeness (QED) is 0.649. The Morgan fingerprint density at radius 3 is 2.12 bits per heavy atom. The Hall–Kier alpha value is -1.10. The van der Waals surface area contributed by atoms with Crippen LogP contribution in [-0.2, 0) is 9.59 Å². The lowest BCUT2D eigenvalue weighted by Gasteiger charge is -2.39. The second-order valence-electron chi connectivity index (χ2n) is 5.65. The molecule has 0 saturated heterocycles. The average Bonchev–Trinajstić information content (AvgIpc) is 2.15. The van der Waals surface area contributed by atoms with Gasteiger partial charge < -0.3 is 16.2 Å². The minimum absolute atomic E-state index is 0.0961. The number of carbonyl (C=O) groups excluding carboxylic acids is 1. The van der Waals surface area contributed by atoms with Crippen molar-refractivity contribution in [2.45, 2.75) is 46.6 Å². The highest BCUT2D eigenvalue weighted by molar-refractivity contribution is 5.80. The summed E-state index contributed by atoms with van der Waals surface area (Å²) in [5.74, 6) is -1.00. The van der Waals surface area contributed by atoms with Gasteiger partial charge in [-0.2, -0.15) is 0 Å². The van der Waals surface area contributed by atoms with Crippen LogP contribution in [0, 0.1) is 11.3 Å². The molecule has 0 aliphatic rings. The second-order valence-corrected chi connectivity index (χ2v) is 5.65. The van der Waals surface area contributed by atoms with Crippen LogP contribution in [0.4, 0.5) is 0 Å². The molecule has 0 rings (SSSR count). The lowest BCUT2D eigenvalue weighted by molar-refractivity contribution is -0.151. The lowest BCUT2D eigenvalue weighted by Crippen LogP contribution is -2.57. The van der Waals surface area contributed by atoms with E-state index in [1.807, 2.05) is 6.92 Å². The normalized spacial score (nSPS) is 14.2. The zero-order chi connectivity index (χ0) is 13.9. The number of amides is 1. The number of hydrogen-bond acceptors (Lipinski definition) is 3. The van der Waals surface area contributed by atoms with Gasteiger partial charge in [-0.15, -0.1) is 0 Å². The summed E-state index contributed by atoms with van der Waals surface area (Å²) in [4.78, 5) is 22.9. The van der Waals surface area contributed by atoms with Crippen LogP contribution < -0.4 is 11.1 Å². The van der Waals surface area contributed by atoms with Gasteiger partial charge in [0.05, 0.1) is 5.41 Å². The number of nitrogens with one attached hydrogen (secondary N) is 1. The Kier molecular flexibility index (Phi) is 5.13. The third-order valence-electron chi connectivity index (χ3n) is 3.49. The molecule has 0 aliphatic heterocycles. The Morgan fingerprint density at radius 1 is 1.29 bits per heavy atom. The maximum Gasteiger partial charge on any atom is 0.311 e. The van der Waals surface area contributed by atoms with Crippen molar-refractivity contribution in [3.8, 4) is 0 Å². The Bertz CT molecular complexity index is 298. The smallest absolute Gasteiger partial charge is 0.311 e. The van der Waals surface area contributed by atoms with Crippen molar-refractivity contribution in [1.29, 1.82) is 0 Å². The summed E-state index contributed by atoms with van der Waals surface area (Å²) in [6, 6.07) is 0. The molecule has 0 aromatic heterocycles. The summed E-state index contributed by atoms with van der Waals surface area (Å²) in [6.07, 6.45) is 0.315. The van der Waals surface area contributed by atoms with E-state index in [0.717, 1.165) is 0 Å². The molecule has 1 amide bonds. The van der Waals surface area contributed by atoms with E-state index in [4.69, 9.17) is 10.8 Å². The molecular formula is C12H24N2O3. The molecule has 0 aliphatic carbocycles. The summed E-state index contributed by atoms with van der Waals surface area (Å²) >= 11 is 0. The van der Waals surface area contributed by atoms with E-state index in [2.05, 4.69) is 5.32 Å². The van der Waals surface area contributed by atoms with E-state index in [1.165, 1.54) is 0 Å². The topological polar surface area (TPSA) is 92.4 Å². The van der Waals surface area contributed by atoms with Crippen LogP contribution in [0.15, 0.2) is 0 Å². The first-order chi connectivity index (χ1) is 7.54. The molecule has 5 nitrogen and oxygen atoms in total. The third-order valence-corrected chi connectivity index (χ3v) is 3.49. The van der Waals surface area contributed by atoms with Crippen LogP contribution >= 0.6 is 0 Å². The highest BCUT2D eigenvalue weighted by Gasteiger charge is 2.44. The maximum atomic E-state index is 11.7. The van der Waals surface area contributed by atoms with Gasteiger partial charge in [0.15, 0.2) is 0 Å². The van der Waals surface area contributed by atoms with Gasteiger partial charge in [0, 0.05) is 12.0 Å². The molecule has 5 heteroatoms. The summed E-state index contributed by atoms with van der Waals surface area (Å²) in [5, 5.41) is 11.9. The van der Waals surface area contributed by atoms with E-state index in [9.17, 15) is 9.59 Å². The minimum atomic E-state index is -1.03. The van der Waals surface area contributed by atoms with Gasteiger partial charge in [0.25, 0.3) is 0 Å². The summed E-state index contributed by atoms with van der Waals surface area (Å²) < 4.78 is 0. The molecule has 0 aromatic rings. The van der Waals surface area contributed by atoms with Gasteiger partial charge in [0.1, 0.15) is 0 Å². The van der Waals surface area contributed by atoms with Crippen LogP contribution in [0.5, 0.6) is 0 Å². The zero-order valence-electron chi connectivity index (χ0n) is 11.3. The number of rotatable bonds is 6. The third kappa shape index (κ3) is 4.00. The number of nitrogens with two attached hydrogens (primary N) is 1. The first-order valence-electron chi connectivity index (χ1n) is 5.79. The molecule has 0 heterocycles. The highest BCUT2D eigenvalue weighted by Crippen LogP contribution is 2.30. The molecular weight excluding hydrogens is 220 g/mol. The molecule has 100 valence electrons. The fraction of sp³-hybridized carbons (Fsp3) is 0.833. The molecule has 0 saturated carbocycles. The van der Waals surface area contributed by atoms with Gasteiger partial charge in [0.2, 0.25) is 5.91 Å². The average molecular weight is 244 g/mol. The molecule has 0 radical (unpaired) electrons. The molecule has 4 N–H and O–H groups in total. The molecule has 0 spiro atoms. The number of carbonyl (C=O) groups is 2. The van der Waals surface area contributed by atoms with E-state index in [-0.39, 0.29) is 11.8 Å². The first-order valence-corrected chi connectivity index (χ1v) is 5.79. The van der Waals surface area contributed by atoms with E-state index < -0.39 is 16.9 Å². The van der Waals surface area contributed by atoms with Crippen molar-refractivity contribution < 1.29 is 14.7 Å². The molecule has 0 fully saturated rings. The van der Waals surface area contributed by atoms with E-state index in [0.29, 0.717) is 13.0 Å². The Balaban J connectivity index is 4.65. The number of aliphatic carboxylic acids is 1. The van der Waals surface area contributed by atoms with Crippen molar-refractivity contribution in [2.75, 3.05) is 6.54 Å². The van der Waals surface area contributed by atoms with Gasteiger partial charge in [-0.3, -0.25) is 9.59 Å². The monoisotopic (exact) mass is 244 g/mol. The standard InChI is InChI=1S/C12H24N2O3/c1-8(7-13)6-9(15)14-12(4,5)11(2,3)10(16)17/h8H,6-7,13H2,1-5H3,(H,14,15)(H,16,17). The van der Waals surface area contributed by atoms with Crippen LogP contribution in [0.3, 0.4) is 0 Å². The first kappa shape index (κ1) is 15.9. The number of carboxylic acids is 1. The SMILES string of the molecule is CC(CN)CC(=O)NC(C)(C)C(C)(C)C(=O)O. The largest absolute Gasteiger partial charge is 0.481 e. The summed E-state index contributed by atoms with van der Waals surface area (Å²) in [6.45, 7) is 8.95. The van der Waals surface area contributed by atoms with Crippen molar-refractivity contribution in [3.63, 3.8) is 0 Å². The fourth-order valence-corrected chi connectivity index (χ4v) is 1.22. The maximum absolute atomic E-state index is 11.7. The molecule has 1 unspecified atom stereocenters. The zero-order valence-corrected chi connectivity index (χ0v) is 11.3. The molecule has 17 heavy (non-hydrogen) atoms. The molecule has 1 atom stereocenters. The van der Waals surface area contributed by atoms with Crippen LogP contribution in [0.2, 0.25) is 0 Å². The van der Waals surface area contributed by atoms with Crippen molar-refractivity contribution in [1.82, 2.24) is 5.32 Å². The Morgan fingerprint density at radius 2 is 1.76 bits per heavy atom. The van der Waals surface area contributed by atoms with E-state index in [1.54, 1.807) is 27.7 Å². The number of hydrogen-bond donors (Lipinski definition) is 3. The number of carboxylic acid groups (broad SMARTS) is 1. The highest BCUT2D eigenvalue weighted by atomic mass is 16.4. The molecule has 0 bridgehead atoms. The van der Waals surface area contributed by atoms with Gasteiger partial charge in [-0.1, -0.05) is 6.92 Å². The lowest BCUT2D eigenvalue weighted by atomic mass is 9.74. The van der Waals surface area contributed by atoms with Gasteiger partial charge in [-0.05, 0) is 40.2 Å². The predicted octanol–water partition coefficient (Wildman–Crippen LogP) is 0.977. The van der Waals surface area contributed by atoms with Crippen LogP contribution in [0.1, 0.15) is 41.0 Å². The fourth-order valence-electron chi connectivity index (χ4n) is 1.22. The van der Waals surface area contributed by atoms with Gasteiger partial charge >= 0.3 is 5.97 Å². The summed E-state index contributed by atoms with van der Waals surface area (Å²) in [5.41, 5.74) is 3.60. The van der Waals surface area contributed by atoms with Crippen molar-refractivity contribution >= 4 is 11.9 Å². The van der Waals surface area contributed by atoms with E-state index >= 15 is 0 Å². The Labute approximate surface area is 103 Å². The predicted molar refractivity (Wildman–Crippen MR) is 66.5 cm³/mol. The van der Waals surface area contributed by atoms with Crippen molar-refractivity contribution in [2.24, 2.45) is 17.1 Å². The van der Waals surface area contributed by atoms with Crippen LogP contribution in [0.25, 0.3) is 0 Å². The van der Waals surface area contributed by atoms with Crippen molar-refractivity contribution in [3.05, 3.63) is 0 Å².